The van der Waals surface area contributed by atoms with Crippen LogP contribution in [0.2, 0.25) is 0 Å². The van der Waals surface area contributed by atoms with Crippen LogP contribution in [-0.2, 0) is 17.8 Å². The summed E-state index contributed by atoms with van der Waals surface area (Å²) in [5.41, 5.74) is 6.77. The lowest BCUT2D eigenvalue weighted by Crippen LogP contribution is -2.28. The largest absolute Gasteiger partial charge is 0.436 e. The fourth-order valence-electron chi connectivity index (χ4n) is 4.92. The first-order valence-electron chi connectivity index (χ1n) is 11.6. The van der Waals surface area contributed by atoms with E-state index in [4.69, 9.17) is 4.74 Å². The molecular weight excluding hydrogens is 396 g/mol. The van der Waals surface area contributed by atoms with Gasteiger partial charge in [-0.3, -0.25) is 0 Å². The standard InChI is InChI=1S/C28H30N2O2/c1-30(19-21-16-14-20(15-17-21)18-29-22-8-2-3-9-22)28(31)32-27-25-12-6-4-10-23(25)24-11-5-7-13-26(24)27/h4-7,10-17,22,27,29H,2-3,8-9,18-19H2,1H3. The summed E-state index contributed by atoms with van der Waals surface area (Å²) < 4.78 is 5.99. The minimum absolute atomic E-state index is 0.312. The smallest absolute Gasteiger partial charge is 0.410 e. The number of hydrogen-bond acceptors (Lipinski definition) is 3. The summed E-state index contributed by atoms with van der Waals surface area (Å²) in [6.45, 7) is 1.43. The van der Waals surface area contributed by atoms with Gasteiger partial charge < -0.3 is 15.0 Å². The third-order valence-electron chi connectivity index (χ3n) is 6.70. The van der Waals surface area contributed by atoms with Crippen molar-refractivity contribution in [3.05, 3.63) is 95.1 Å². The Morgan fingerprint density at radius 2 is 1.44 bits per heavy atom. The summed E-state index contributed by atoms with van der Waals surface area (Å²) in [6.07, 6.45) is 4.60. The van der Waals surface area contributed by atoms with E-state index < -0.39 is 0 Å². The lowest BCUT2D eigenvalue weighted by molar-refractivity contribution is 0.0843. The van der Waals surface area contributed by atoms with Crippen molar-refractivity contribution >= 4 is 6.09 Å². The SMILES string of the molecule is CN(Cc1ccc(CNC2CCCC2)cc1)C(=O)OC1c2ccccc2-c2ccccc21. The molecule has 3 aromatic carbocycles. The van der Waals surface area contributed by atoms with E-state index in [2.05, 4.69) is 41.7 Å². The molecule has 5 rings (SSSR count). The summed E-state index contributed by atoms with van der Waals surface area (Å²) >= 11 is 0. The number of carbonyl (C=O) groups is 1. The van der Waals surface area contributed by atoms with E-state index in [1.165, 1.54) is 31.2 Å². The minimum Gasteiger partial charge on any atom is -0.436 e. The summed E-state index contributed by atoms with van der Waals surface area (Å²) in [5.74, 6) is 0. The van der Waals surface area contributed by atoms with Crippen molar-refractivity contribution in [2.75, 3.05) is 7.05 Å². The summed E-state index contributed by atoms with van der Waals surface area (Å²) in [6, 6.07) is 25.5. The van der Waals surface area contributed by atoms with Gasteiger partial charge in [-0.1, -0.05) is 85.6 Å². The number of amides is 1. The van der Waals surface area contributed by atoms with Crippen LogP contribution in [0, 0.1) is 0 Å². The molecule has 0 bridgehead atoms. The van der Waals surface area contributed by atoms with Crippen LogP contribution < -0.4 is 5.32 Å². The van der Waals surface area contributed by atoms with Crippen LogP contribution in [0.1, 0.15) is 54.0 Å². The third kappa shape index (κ3) is 4.28. The number of fused-ring (bicyclic) bond motifs is 3. The molecule has 1 fully saturated rings. The van der Waals surface area contributed by atoms with Crippen molar-refractivity contribution in [1.29, 1.82) is 0 Å². The molecular formula is C28H30N2O2. The molecule has 0 radical (unpaired) electrons. The van der Waals surface area contributed by atoms with Gasteiger partial charge in [0.2, 0.25) is 0 Å². The van der Waals surface area contributed by atoms with E-state index in [0.717, 1.165) is 34.4 Å². The van der Waals surface area contributed by atoms with Gasteiger partial charge in [0.1, 0.15) is 0 Å². The van der Waals surface area contributed by atoms with Crippen LogP contribution in [0.15, 0.2) is 72.8 Å². The van der Waals surface area contributed by atoms with Crippen molar-refractivity contribution in [3.8, 4) is 11.1 Å². The first-order chi connectivity index (χ1) is 15.7. The Hall–Kier alpha value is -3.11. The quantitative estimate of drug-likeness (QED) is 0.521. The fraction of sp³-hybridized carbons (Fsp3) is 0.321. The Balaban J connectivity index is 1.21. The fourth-order valence-corrected chi connectivity index (χ4v) is 4.92. The third-order valence-corrected chi connectivity index (χ3v) is 6.70. The molecule has 2 aliphatic rings. The zero-order valence-electron chi connectivity index (χ0n) is 18.6. The molecule has 164 valence electrons. The second-order valence-electron chi connectivity index (χ2n) is 8.97. The maximum absolute atomic E-state index is 12.9. The molecule has 0 saturated heterocycles. The Morgan fingerprint density at radius 1 is 0.875 bits per heavy atom. The maximum atomic E-state index is 12.9. The van der Waals surface area contributed by atoms with E-state index in [-0.39, 0.29) is 12.2 Å². The van der Waals surface area contributed by atoms with Crippen molar-refractivity contribution < 1.29 is 9.53 Å². The highest BCUT2D eigenvalue weighted by atomic mass is 16.6. The average Bonchev–Trinajstić information content (AvgIpc) is 3.46. The molecule has 4 heteroatoms. The van der Waals surface area contributed by atoms with E-state index in [9.17, 15) is 4.79 Å². The Morgan fingerprint density at radius 3 is 2.06 bits per heavy atom. The molecule has 2 aliphatic carbocycles. The molecule has 1 amide bonds. The predicted molar refractivity (Wildman–Crippen MR) is 127 cm³/mol. The van der Waals surface area contributed by atoms with Gasteiger partial charge in [0.25, 0.3) is 0 Å². The van der Waals surface area contributed by atoms with E-state index in [0.29, 0.717) is 12.6 Å². The Bertz CT molecular complexity index is 1040. The number of rotatable bonds is 6. The predicted octanol–water partition coefficient (Wildman–Crippen LogP) is 6.06. The van der Waals surface area contributed by atoms with Crippen LogP contribution in [0.4, 0.5) is 4.79 Å². The summed E-state index contributed by atoms with van der Waals surface area (Å²) in [4.78, 5) is 14.6. The number of benzene rings is 3. The molecule has 1 saturated carbocycles. The number of nitrogens with zero attached hydrogens (tertiary/aromatic N) is 1. The lowest BCUT2D eigenvalue weighted by Gasteiger charge is -2.21. The van der Waals surface area contributed by atoms with Gasteiger partial charge in [0.05, 0.1) is 0 Å². The van der Waals surface area contributed by atoms with Crippen LogP contribution in [0.3, 0.4) is 0 Å². The molecule has 0 spiro atoms. The van der Waals surface area contributed by atoms with Crippen molar-refractivity contribution in [2.45, 2.75) is 50.9 Å². The van der Waals surface area contributed by atoms with Gasteiger partial charge in [-0.2, -0.15) is 0 Å². The zero-order chi connectivity index (χ0) is 21.9. The number of carbonyl (C=O) groups excluding carboxylic acids is 1. The van der Waals surface area contributed by atoms with Gasteiger partial charge in [-0.05, 0) is 35.1 Å². The van der Waals surface area contributed by atoms with E-state index in [1.807, 2.05) is 36.4 Å². The second kappa shape index (κ2) is 9.17. The van der Waals surface area contributed by atoms with Gasteiger partial charge >= 0.3 is 6.09 Å². The molecule has 3 aromatic rings. The average molecular weight is 427 g/mol. The molecule has 1 N–H and O–H groups in total. The van der Waals surface area contributed by atoms with Crippen molar-refractivity contribution in [2.24, 2.45) is 0 Å². The highest BCUT2D eigenvalue weighted by Gasteiger charge is 2.31. The first kappa shape index (κ1) is 20.8. The molecule has 0 aromatic heterocycles. The van der Waals surface area contributed by atoms with Crippen LogP contribution >= 0.6 is 0 Å². The van der Waals surface area contributed by atoms with Gasteiger partial charge in [-0.25, -0.2) is 4.79 Å². The van der Waals surface area contributed by atoms with Gasteiger partial charge in [-0.15, -0.1) is 0 Å². The van der Waals surface area contributed by atoms with Crippen LogP contribution in [-0.4, -0.2) is 24.1 Å². The topological polar surface area (TPSA) is 41.6 Å². The molecule has 32 heavy (non-hydrogen) atoms. The van der Waals surface area contributed by atoms with E-state index >= 15 is 0 Å². The zero-order valence-corrected chi connectivity index (χ0v) is 18.6. The monoisotopic (exact) mass is 426 g/mol. The van der Waals surface area contributed by atoms with Gasteiger partial charge in [0, 0.05) is 37.3 Å². The Labute approximate surface area is 190 Å². The second-order valence-corrected chi connectivity index (χ2v) is 8.97. The summed E-state index contributed by atoms with van der Waals surface area (Å²) in [7, 11) is 1.80. The van der Waals surface area contributed by atoms with Gasteiger partial charge in [0.15, 0.2) is 6.10 Å². The van der Waals surface area contributed by atoms with Crippen LogP contribution in [0.5, 0.6) is 0 Å². The molecule has 4 nitrogen and oxygen atoms in total. The molecule has 0 atom stereocenters. The number of nitrogens with one attached hydrogen (secondary N) is 1. The maximum Gasteiger partial charge on any atom is 0.410 e. The molecule has 0 aliphatic heterocycles. The number of hydrogen-bond donors (Lipinski definition) is 1. The summed E-state index contributed by atoms with van der Waals surface area (Å²) in [5, 5.41) is 3.65. The number of ether oxygens (including phenoxy) is 1. The minimum atomic E-state index is -0.360. The molecule has 0 unspecified atom stereocenters. The van der Waals surface area contributed by atoms with Crippen LogP contribution in [0.25, 0.3) is 11.1 Å². The van der Waals surface area contributed by atoms with Crippen molar-refractivity contribution in [1.82, 2.24) is 10.2 Å². The normalized spacial score (nSPS) is 15.4. The van der Waals surface area contributed by atoms with E-state index in [1.54, 1.807) is 11.9 Å². The highest BCUT2D eigenvalue weighted by molar-refractivity contribution is 5.79. The first-order valence-corrected chi connectivity index (χ1v) is 11.6. The highest BCUT2D eigenvalue weighted by Crippen LogP contribution is 2.45. The Kier molecular flexibility index (Phi) is 5.95. The molecule has 0 heterocycles. The lowest BCUT2D eigenvalue weighted by atomic mass is 10.1. The van der Waals surface area contributed by atoms with Crippen molar-refractivity contribution in [3.63, 3.8) is 0 Å².